The van der Waals surface area contributed by atoms with E-state index in [-0.39, 0.29) is 5.91 Å². The van der Waals surface area contributed by atoms with Crippen LogP contribution in [0.4, 0.5) is 0 Å². The second-order valence-electron chi connectivity index (χ2n) is 4.26. The smallest absolute Gasteiger partial charge is 0.325 e. The number of carboxylic acids is 1. The van der Waals surface area contributed by atoms with Gasteiger partial charge in [-0.2, -0.15) is 0 Å². The molecule has 0 aliphatic carbocycles. The maximum absolute atomic E-state index is 11.5. The van der Waals surface area contributed by atoms with Crippen molar-refractivity contribution in [2.75, 3.05) is 12.9 Å². The Hall–Kier alpha value is -1.69. The molecule has 0 radical (unpaired) electrons. The highest BCUT2D eigenvalue weighted by Crippen LogP contribution is 2.23. The molecule has 0 spiro atoms. The van der Waals surface area contributed by atoms with Crippen LogP contribution in [0.5, 0.6) is 5.75 Å². The third-order valence-electron chi connectivity index (χ3n) is 2.61. The number of rotatable bonds is 8. The number of carboxylic acid groups (broad SMARTS) is 1. The number of aliphatic carboxylic acids is 1. The number of methoxy groups -OCH3 is 1. The van der Waals surface area contributed by atoms with E-state index in [1.807, 2.05) is 24.3 Å². The Balaban J connectivity index is 2.24. The Kier molecular flexibility index (Phi) is 6.93. The van der Waals surface area contributed by atoms with E-state index in [4.69, 9.17) is 9.84 Å². The molecule has 1 atom stereocenters. The van der Waals surface area contributed by atoms with Crippen LogP contribution < -0.4 is 10.1 Å². The minimum atomic E-state index is -1.02. The van der Waals surface area contributed by atoms with Crippen molar-refractivity contribution in [3.8, 4) is 5.75 Å². The number of thioether (sulfide) groups is 1. The molecule has 6 heteroatoms. The van der Waals surface area contributed by atoms with Gasteiger partial charge in [0.2, 0.25) is 5.91 Å². The van der Waals surface area contributed by atoms with Gasteiger partial charge in [0, 0.05) is 11.3 Å². The zero-order valence-electron chi connectivity index (χ0n) is 11.6. The highest BCUT2D eigenvalue weighted by Gasteiger charge is 2.13. The molecule has 0 aromatic heterocycles. The fourth-order valence-electron chi connectivity index (χ4n) is 1.49. The average Bonchev–Trinajstić information content (AvgIpc) is 2.43. The summed E-state index contributed by atoms with van der Waals surface area (Å²) in [6.07, 6.45) is 1.02. The van der Waals surface area contributed by atoms with Gasteiger partial charge in [-0.25, -0.2) is 0 Å². The quantitative estimate of drug-likeness (QED) is 0.568. The van der Waals surface area contributed by atoms with Crippen LogP contribution >= 0.6 is 11.8 Å². The lowest BCUT2D eigenvalue weighted by Gasteiger charge is -2.09. The standard InChI is InChI=1S/C14H19NO4S/c1-10(14(17)18)15-13(16)7-4-8-20-12-6-3-5-11(9-12)19-2/h3,5-6,9-10H,4,7-8H2,1-2H3,(H,15,16)(H,17,18). The number of carbonyl (C=O) groups is 2. The van der Waals surface area contributed by atoms with Crippen molar-refractivity contribution in [2.24, 2.45) is 0 Å². The highest BCUT2D eigenvalue weighted by molar-refractivity contribution is 7.99. The zero-order chi connectivity index (χ0) is 15.0. The number of nitrogens with one attached hydrogen (secondary N) is 1. The first kappa shape index (κ1) is 16.4. The molecule has 1 aromatic carbocycles. The van der Waals surface area contributed by atoms with Crippen LogP contribution in [0.2, 0.25) is 0 Å². The van der Waals surface area contributed by atoms with E-state index in [0.717, 1.165) is 16.4 Å². The first-order valence-corrected chi connectivity index (χ1v) is 7.30. The molecule has 0 aliphatic rings. The predicted octanol–water partition coefficient (Wildman–Crippen LogP) is 2.16. The Bertz CT molecular complexity index is 464. The minimum Gasteiger partial charge on any atom is -0.497 e. The molecular formula is C14H19NO4S. The average molecular weight is 297 g/mol. The second kappa shape index (κ2) is 8.47. The van der Waals surface area contributed by atoms with Crippen molar-refractivity contribution < 1.29 is 19.4 Å². The molecule has 1 aromatic rings. The van der Waals surface area contributed by atoms with E-state index in [1.165, 1.54) is 6.92 Å². The van der Waals surface area contributed by atoms with Gasteiger partial charge in [0.15, 0.2) is 0 Å². The highest BCUT2D eigenvalue weighted by atomic mass is 32.2. The molecule has 1 amide bonds. The van der Waals surface area contributed by atoms with Gasteiger partial charge in [-0.05, 0) is 37.3 Å². The molecule has 0 heterocycles. The fourth-order valence-corrected chi connectivity index (χ4v) is 2.39. The van der Waals surface area contributed by atoms with Gasteiger partial charge in [-0.1, -0.05) is 6.07 Å². The summed E-state index contributed by atoms with van der Waals surface area (Å²) in [5, 5.41) is 11.1. The molecule has 0 fully saturated rings. The summed E-state index contributed by atoms with van der Waals surface area (Å²) in [6.45, 7) is 1.45. The van der Waals surface area contributed by atoms with Crippen molar-refractivity contribution in [3.63, 3.8) is 0 Å². The van der Waals surface area contributed by atoms with Crippen LogP contribution in [-0.2, 0) is 9.59 Å². The second-order valence-corrected chi connectivity index (χ2v) is 5.43. The van der Waals surface area contributed by atoms with E-state index in [9.17, 15) is 9.59 Å². The lowest BCUT2D eigenvalue weighted by molar-refractivity contribution is -0.141. The van der Waals surface area contributed by atoms with E-state index >= 15 is 0 Å². The van der Waals surface area contributed by atoms with Crippen LogP contribution in [0.3, 0.4) is 0 Å². The summed E-state index contributed by atoms with van der Waals surface area (Å²) in [7, 11) is 1.62. The van der Waals surface area contributed by atoms with Gasteiger partial charge in [-0.3, -0.25) is 9.59 Å². The maximum Gasteiger partial charge on any atom is 0.325 e. The summed E-state index contributed by atoms with van der Waals surface area (Å²) in [5.41, 5.74) is 0. The topological polar surface area (TPSA) is 75.6 Å². The number of hydrogen-bond donors (Lipinski definition) is 2. The molecule has 0 aliphatic heterocycles. The van der Waals surface area contributed by atoms with Gasteiger partial charge >= 0.3 is 5.97 Å². The summed E-state index contributed by atoms with van der Waals surface area (Å²) in [5.74, 6) is 0.348. The molecular weight excluding hydrogens is 278 g/mol. The summed E-state index contributed by atoms with van der Waals surface area (Å²) in [4.78, 5) is 23.1. The Labute approximate surface area is 122 Å². The van der Waals surface area contributed by atoms with Crippen molar-refractivity contribution >= 4 is 23.6 Å². The Morgan fingerprint density at radius 3 is 2.85 bits per heavy atom. The molecule has 5 nitrogen and oxygen atoms in total. The Morgan fingerprint density at radius 2 is 2.20 bits per heavy atom. The molecule has 110 valence electrons. The van der Waals surface area contributed by atoms with Crippen molar-refractivity contribution in [3.05, 3.63) is 24.3 Å². The SMILES string of the molecule is COc1cccc(SCCCC(=O)NC(C)C(=O)O)c1. The van der Waals surface area contributed by atoms with Gasteiger partial charge in [0.05, 0.1) is 7.11 Å². The molecule has 2 N–H and O–H groups in total. The molecule has 20 heavy (non-hydrogen) atoms. The van der Waals surface area contributed by atoms with E-state index in [1.54, 1.807) is 18.9 Å². The lowest BCUT2D eigenvalue weighted by Crippen LogP contribution is -2.38. The van der Waals surface area contributed by atoms with Crippen LogP contribution in [0.25, 0.3) is 0 Å². The lowest BCUT2D eigenvalue weighted by atomic mass is 10.3. The Morgan fingerprint density at radius 1 is 1.45 bits per heavy atom. The maximum atomic E-state index is 11.5. The van der Waals surface area contributed by atoms with Gasteiger partial charge in [0.25, 0.3) is 0 Å². The normalized spacial score (nSPS) is 11.7. The molecule has 0 saturated heterocycles. The molecule has 1 unspecified atom stereocenters. The third kappa shape index (κ3) is 5.97. The van der Waals surface area contributed by atoms with Crippen molar-refractivity contribution in [1.82, 2.24) is 5.32 Å². The van der Waals surface area contributed by atoms with E-state index in [2.05, 4.69) is 5.32 Å². The number of benzene rings is 1. The summed E-state index contributed by atoms with van der Waals surface area (Å²) in [6, 6.07) is 6.89. The minimum absolute atomic E-state index is 0.230. The molecule has 0 saturated carbocycles. The van der Waals surface area contributed by atoms with Crippen molar-refractivity contribution in [1.29, 1.82) is 0 Å². The molecule has 0 bridgehead atoms. The van der Waals surface area contributed by atoms with Crippen LogP contribution in [0.1, 0.15) is 19.8 Å². The summed E-state index contributed by atoms with van der Waals surface area (Å²) >= 11 is 1.64. The number of carbonyl (C=O) groups excluding carboxylic acids is 1. The van der Waals surface area contributed by atoms with Gasteiger partial charge in [-0.15, -0.1) is 11.8 Å². The number of hydrogen-bond acceptors (Lipinski definition) is 4. The third-order valence-corrected chi connectivity index (χ3v) is 3.69. The van der Waals surface area contributed by atoms with Gasteiger partial charge < -0.3 is 15.2 Å². The monoisotopic (exact) mass is 297 g/mol. The largest absolute Gasteiger partial charge is 0.497 e. The van der Waals surface area contributed by atoms with E-state index in [0.29, 0.717) is 12.8 Å². The van der Waals surface area contributed by atoms with Gasteiger partial charge in [0.1, 0.15) is 11.8 Å². The van der Waals surface area contributed by atoms with E-state index < -0.39 is 12.0 Å². The molecule has 1 rings (SSSR count). The van der Waals surface area contributed by atoms with Crippen LogP contribution in [0.15, 0.2) is 29.2 Å². The fraction of sp³-hybridized carbons (Fsp3) is 0.429. The predicted molar refractivity (Wildman–Crippen MR) is 78.2 cm³/mol. The zero-order valence-corrected chi connectivity index (χ0v) is 12.4. The number of amides is 1. The first-order chi connectivity index (χ1) is 9.52. The number of ether oxygens (including phenoxy) is 1. The summed E-state index contributed by atoms with van der Waals surface area (Å²) < 4.78 is 5.13. The van der Waals surface area contributed by atoms with Crippen molar-refractivity contribution in [2.45, 2.75) is 30.7 Å². The van der Waals surface area contributed by atoms with Crippen LogP contribution in [-0.4, -0.2) is 35.9 Å². The van der Waals surface area contributed by atoms with Crippen LogP contribution in [0, 0.1) is 0 Å². The first-order valence-electron chi connectivity index (χ1n) is 6.32.